The summed E-state index contributed by atoms with van der Waals surface area (Å²) in [5.74, 6) is -0.300. The first-order valence-corrected chi connectivity index (χ1v) is 10.4. The quantitative estimate of drug-likeness (QED) is 0.724. The van der Waals surface area contributed by atoms with Crippen molar-refractivity contribution in [3.8, 4) is 0 Å². The molecule has 0 radical (unpaired) electrons. The van der Waals surface area contributed by atoms with Crippen LogP contribution in [0.15, 0.2) is 36.7 Å². The number of amides is 2. The van der Waals surface area contributed by atoms with Crippen LogP contribution in [-0.2, 0) is 22.3 Å². The molecule has 1 aliphatic heterocycles. The highest BCUT2D eigenvalue weighted by molar-refractivity contribution is 5.93. The van der Waals surface area contributed by atoms with Gasteiger partial charge in [0.15, 0.2) is 0 Å². The van der Waals surface area contributed by atoms with Crippen LogP contribution in [0.5, 0.6) is 0 Å². The molecule has 0 unspecified atom stereocenters. The van der Waals surface area contributed by atoms with Crippen molar-refractivity contribution in [2.45, 2.75) is 51.3 Å². The van der Waals surface area contributed by atoms with Crippen molar-refractivity contribution >= 4 is 12.0 Å². The molecule has 33 heavy (non-hydrogen) atoms. The maximum Gasteiger partial charge on any atom is 0.416 e. The molecule has 3 rings (SSSR count). The Morgan fingerprint density at radius 1 is 1.15 bits per heavy atom. The largest absolute Gasteiger partial charge is 0.444 e. The minimum Gasteiger partial charge on any atom is -0.444 e. The maximum absolute atomic E-state index is 12.8. The smallest absolute Gasteiger partial charge is 0.416 e. The molecule has 1 N–H and O–H groups in total. The SMILES string of the molecule is CNC(=O)c1cnn([C@@H]2CN(C(=O)OC(C)(C)C)C[C@H]2OCc2ccc(C(F)(F)F)cc2)c1. The Balaban J connectivity index is 1.76. The Kier molecular flexibility index (Phi) is 7.01. The van der Waals surface area contributed by atoms with Gasteiger partial charge in [-0.2, -0.15) is 18.3 Å². The fraction of sp³-hybridized carbons (Fsp3) is 0.500. The lowest BCUT2D eigenvalue weighted by Crippen LogP contribution is -2.36. The second-order valence-electron chi connectivity index (χ2n) is 8.78. The Morgan fingerprint density at radius 2 is 1.82 bits per heavy atom. The monoisotopic (exact) mass is 468 g/mol. The second-order valence-corrected chi connectivity index (χ2v) is 8.78. The van der Waals surface area contributed by atoms with Crippen LogP contribution >= 0.6 is 0 Å². The summed E-state index contributed by atoms with van der Waals surface area (Å²) in [6, 6.07) is 4.30. The average molecular weight is 468 g/mol. The van der Waals surface area contributed by atoms with Crippen molar-refractivity contribution in [3.63, 3.8) is 0 Å². The van der Waals surface area contributed by atoms with Crippen LogP contribution in [0.4, 0.5) is 18.0 Å². The highest BCUT2D eigenvalue weighted by Crippen LogP contribution is 2.30. The molecule has 2 amide bonds. The van der Waals surface area contributed by atoms with Gasteiger partial charge in [0.2, 0.25) is 0 Å². The number of ether oxygens (including phenoxy) is 2. The number of aromatic nitrogens is 2. The molecule has 180 valence electrons. The van der Waals surface area contributed by atoms with E-state index in [9.17, 15) is 22.8 Å². The van der Waals surface area contributed by atoms with E-state index in [1.54, 1.807) is 31.6 Å². The number of rotatable bonds is 5. The van der Waals surface area contributed by atoms with Crippen LogP contribution in [0.3, 0.4) is 0 Å². The van der Waals surface area contributed by atoms with Gasteiger partial charge in [0.1, 0.15) is 5.60 Å². The van der Waals surface area contributed by atoms with Gasteiger partial charge in [0, 0.05) is 19.8 Å². The zero-order chi connectivity index (χ0) is 24.4. The molecule has 0 aliphatic carbocycles. The van der Waals surface area contributed by atoms with Crippen LogP contribution in [0, 0.1) is 0 Å². The summed E-state index contributed by atoms with van der Waals surface area (Å²) in [6.07, 6.45) is -2.45. The van der Waals surface area contributed by atoms with Gasteiger partial charge < -0.3 is 19.7 Å². The molecule has 11 heteroatoms. The first-order chi connectivity index (χ1) is 15.4. The van der Waals surface area contributed by atoms with E-state index in [0.29, 0.717) is 11.1 Å². The lowest BCUT2D eigenvalue weighted by Gasteiger charge is -2.24. The standard InChI is InChI=1S/C22H27F3N4O4/c1-21(2,3)33-20(31)28-11-17(29-10-15(9-27-29)19(30)26-4)18(12-28)32-13-14-5-7-16(8-6-14)22(23,24)25/h5-10,17-18H,11-13H2,1-4H3,(H,26,30)/t17-,18-/m1/s1. The molecule has 2 aromatic rings. The van der Waals surface area contributed by atoms with E-state index in [0.717, 1.165) is 12.1 Å². The Bertz CT molecular complexity index is 983. The molecule has 1 aromatic carbocycles. The maximum atomic E-state index is 12.8. The van der Waals surface area contributed by atoms with E-state index < -0.39 is 35.6 Å². The van der Waals surface area contributed by atoms with Gasteiger partial charge in [-0.05, 0) is 38.5 Å². The highest BCUT2D eigenvalue weighted by Gasteiger charge is 2.39. The Hall–Kier alpha value is -3.08. The highest BCUT2D eigenvalue weighted by atomic mass is 19.4. The first kappa shape index (κ1) is 24.6. The number of carbonyl (C=O) groups excluding carboxylic acids is 2. The van der Waals surface area contributed by atoms with E-state index in [4.69, 9.17) is 9.47 Å². The number of hydrogen-bond acceptors (Lipinski definition) is 5. The molecule has 8 nitrogen and oxygen atoms in total. The first-order valence-electron chi connectivity index (χ1n) is 10.4. The van der Waals surface area contributed by atoms with Crippen molar-refractivity contribution in [2.75, 3.05) is 20.1 Å². The summed E-state index contributed by atoms with van der Waals surface area (Å²) < 4.78 is 51.4. The fourth-order valence-electron chi connectivity index (χ4n) is 3.42. The van der Waals surface area contributed by atoms with E-state index in [2.05, 4.69) is 10.4 Å². The van der Waals surface area contributed by atoms with Gasteiger partial charge in [-0.15, -0.1) is 0 Å². The van der Waals surface area contributed by atoms with Crippen LogP contribution in [0.1, 0.15) is 48.3 Å². The average Bonchev–Trinajstić information content (AvgIpc) is 3.37. The molecule has 1 fully saturated rings. The van der Waals surface area contributed by atoms with Crippen LogP contribution in [-0.4, -0.2) is 58.5 Å². The van der Waals surface area contributed by atoms with Gasteiger partial charge in [-0.1, -0.05) is 12.1 Å². The summed E-state index contributed by atoms with van der Waals surface area (Å²) in [4.78, 5) is 26.0. The van der Waals surface area contributed by atoms with Crippen LogP contribution < -0.4 is 5.32 Å². The number of hydrogen-bond donors (Lipinski definition) is 1. The predicted octanol–water partition coefficient (Wildman–Crippen LogP) is 3.64. The zero-order valence-corrected chi connectivity index (χ0v) is 18.8. The molecule has 1 aliphatic rings. The van der Waals surface area contributed by atoms with Crippen molar-refractivity contribution in [2.24, 2.45) is 0 Å². The molecule has 0 saturated carbocycles. The lowest BCUT2D eigenvalue weighted by molar-refractivity contribution is -0.137. The van der Waals surface area contributed by atoms with E-state index >= 15 is 0 Å². The van der Waals surface area contributed by atoms with Gasteiger partial charge >= 0.3 is 12.3 Å². The molecule has 1 saturated heterocycles. The number of benzene rings is 1. The van der Waals surface area contributed by atoms with E-state index in [1.165, 1.54) is 30.3 Å². The molecule has 0 bridgehead atoms. The number of carbonyl (C=O) groups is 2. The number of halogens is 3. The predicted molar refractivity (Wildman–Crippen MR) is 112 cm³/mol. The zero-order valence-electron chi connectivity index (χ0n) is 18.8. The normalized spacial score (nSPS) is 18.9. The summed E-state index contributed by atoms with van der Waals surface area (Å²) in [5.41, 5.74) is -0.498. The number of likely N-dealkylation sites (tertiary alicyclic amines) is 1. The van der Waals surface area contributed by atoms with Gasteiger partial charge in [0.05, 0.1) is 42.6 Å². The van der Waals surface area contributed by atoms with Crippen molar-refractivity contribution in [1.29, 1.82) is 0 Å². The molecule has 2 heterocycles. The van der Waals surface area contributed by atoms with Gasteiger partial charge in [-0.3, -0.25) is 9.48 Å². The molecular weight excluding hydrogens is 441 g/mol. The number of alkyl halides is 3. The van der Waals surface area contributed by atoms with Crippen LogP contribution in [0.2, 0.25) is 0 Å². The summed E-state index contributed by atoms with van der Waals surface area (Å²) in [5, 5.41) is 6.77. The van der Waals surface area contributed by atoms with Gasteiger partial charge in [0.25, 0.3) is 5.91 Å². The van der Waals surface area contributed by atoms with Crippen molar-refractivity contribution < 1.29 is 32.2 Å². The number of nitrogens with zero attached hydrogens (tertiary/aromatic N) is 3. The minimum atomic E-state index is -4.41. The second kappa shape index (κ2) is 9.42. The third-order valence-corrected chi connectivity index (χ3v) is 5.06. The minimum absolute atomic E-state index is 0.0467. The Labute approximate surface area is 189 Å². The lowest BCUT2D eigenvalue weighted by atomic mass is 10.1. The molecule has 1 aromatic heterocycles. The molecule has 0 spiro atoms. The summed E-state index contributed by atoms with van der Waals surface area (Å²) in [7, 11) is 1.51. The Morgan fingerprint density at radius 3 is 2.39 bits per heavy atom. The number of nitrogens with one attached hydrogen (secondary N) is 1. The molecular formula is C22H27F3N4O4. The third kappa shape index (κ3) is 6.25. The summed E-state index contributed by atoms with van der Waals surface area (Å²) in [6.45, 7) is 5.78. The molecule has 2 atom stereocenters. The van der Waals surface area contributed by atoms with E-state index in [-0.39, 0.29) is 25.6 Å². The van der Waals surface area contributed by atoms with E-state index in [1.807, 2.05) is 0 Å². The van der Waals surface area contributed by atoms with Crippen LogP contribution in [0.25, 0.3) is 0 Å². The third-order valence-electron chi connectivity index (χ3n) is 5.06. The fourth-order valence-corrected chi connectivity index (χ4v) is 3.42. The summed E-state index contributed by atoms with van der Waals surface area (Å²) >= 11 is 0. The van der Waals surface area contributed by atoms with Crippen molar-refractivity contribution in [3.05, 3.63) is 53.3 Å². The van der Waals surface area contributed by atoms with Gasteiger partial charge in [-0.25, -0.2) is 4.79 Å². The topological polar surface area (TPSA) is 85.7 Å². The van der Waals surface area contributed by atoms with Crippen molar-refractivity contribution in [1.82, 2.24) is 20.0 Å².